The monoisotopic (exact) mass is 596 g/mol. The highest BCUT2D eigenvalue weighted by molar-refractivity contribution is 5.98. The van der Waals surface area contributed by atoms with Crippen molar-refractivity contribution in [3.8, 4) is 0 Å². The molecule has 0 aliphatic carbocycles. The van der Waals surface area contributed by atoms with Crippen LogP contribution in [0.1, 0.15) is 73.6 Å². The average molecular weight is 597 g/mol. The van der Waals surface area contributed by atoms with Gasteiger partial charge in [-0.25, -0.2) is 14.2 Å². The molecule has 0 bridgehead atoms. The van der Waals surface area contributed by atoms with Crippen LogP contribution in [-0.2, 0) is 28.5 Å². The first-order valence-corrected chi connectivity index (χ1v) is 14.2. The zero-order chi connectivity index (χ0) is 30.9. The van der Waals surface area contributed by atoms with Crippen LogP contribution in [0.3, 0.4) is 0 Å². The van der Waals surface area contributed by atoms with Crippen molar-refractivity contribution in [2.24, 2.45) is 0 Å². The number of pyridine rings is 1. The number of carbonyl (C=O) groups is 2. The van der Waals surface area contributed by atoms with E-state index in [1.54, 1.807) is 0 Å². The van der Waals surface area contributed by atoms with E-state index in [9.17, 15) is 32.3 Å². The molecule has 3 N–H and O–H groups in total. The Labute approximate surface area is 243 Å². The second-order valence-electron chi connectivity index (χ2n) is 11.4. The van der Waals surface area contributed by atoms with Gasteiger partial charge in [-0.3, -0.25) is 4.79 Å². The highest BCUT2D eigenvalue weighted by atomic mass is 19.4. The molecule has 0 saturated heterocycles. The minimum absolute atomic E-state index is 0.0445. The largest absolute Gasteiger partial charge is 0.480 e. The standard InChI is InChI=1S/C30H40F4N4O4/c1-29(2,3)42-18-17-38(15-5-4-8-22-11-9-20-7-6-14-35-26(20)36-22)16-13-25(28(40)41)37-27(39)23-12-10-21(31)19-24(23)30(32,33)34/h9-12,19,25H,4-8,13-18H2,1-3H3,(H,35,36)(H,37,39)(H,40,41). The van der Waals surface area contributed by atoms with Crippen molar-refractivity contribution in [2.45, 2.75) is 77.1 Å². The number of carboxylic acids is 1. The van der Waals surface area contributed by atoms with Gasteiger partial charge in [0.15, 0.2) is 0 Å². The summed E-state index contributed by atoms with van der Waals surface area (Å²) >= 11 is 0. The van der Waals surface area contributed by atoms with Crippen LogP contribution in [0, 0.1) is 5.82 Å². The van der Waals surface area contributed by atoms with Gasteiger partial charge >= 0.3 is 12.1 Å². The Kier molecular flexibility index (Phi) is 11.7. The second-order valence-corrected chi connectivity index (χ2v) is 11.4. The average Bonchev–Trinajstić information content (AvgIpc) is 2.91. The Morgan fingerprint density at radius 3 is 2.57 bits per heavy atom. The number of alkyl halides is 3. The number of carboxylic acid groups (broad SMARTS) is 1. The molecule has 0 spiro atoms. The molecule has 3 rings (SSSR count). The fourth-order valence-corrected chi connectivity index (χ4v) is 4.72. The van der Waals surface area contributed by atoms with Crippen LogP contribution < -0.4 is 10.6 Å². The number of aliphatic carboxylic acids is 1. The van der Waals surface area contributed by atoms with Crippen LogP contribution in [0.25, 0.3) is 0 Å². The van der Waals surface area contributed by atoms with Crippen LogP contribution >= 0.6 is 0 Å². The van der Waals surface area contributed by atoms with Gasteiger partial charge in [0.2, 0.25) is 0 Å². The van der Waals surface area contributed by atoms with Gasteiger partial charge in [-0.15, -0.1) is 0 Å². The third kappa shape index (κ3) is 10.5. The first kappa shape index (κ1) is 33.3. The van der Waals surface area contributed by atoms with Gasteiger partial charge in [0.05, 0.1) is 23.3 Å². The fourth-order valence-electron chi connectivity index (χ4n) is 4.72. The number of halogens is 4. The molecule has 0 saturated carbocycles. The maximum atomic E-state index is 13.5. The van der Waals surface area contributed by atoms with E-state index in [1.807, 2.05) is 31.7 Å². The number of hydrogen-bond donors (Lipinski definition) is 3. The molecule has 1 unspecified atom stereocenters. The van der Waals surface area contributed by atoms with Crippen molar-refractivity contribution >= 4 is 17.7 Å². The number of hydrogen-bond acceptors (Lipinski definition) is 6. The smallest absolute Gasteiger partial charge is 0.417 e. The molecule has 8 nitrogen and oxygen atoms in total. The number of unbranched alkanes of at least 4 members (excludes halogenated alkanes) is 1. The number of aryl methyl sites for hydroxylation is 2. The molecule has 1 aliphatic heterocycles. The molecular formula is C30H40F4N4O4. The van der Waals surface area contributed by atoms with Crippen molar-refractivity contribution in [2.75, 3.05) is 38.1 Å². The molecule has 1 atom stereocenters. The first-order chi connectivity index (χ1) is 19.7. The Morgan fingerprint density at radius 2 is 1.88 bits per heavy atom. The van der Waals surface area contributed by atoms with E-state index in [-0.39, 0.29) is 24.6 Å². The number of carbonyl (C=O) groups excluding carboxylic acids is 1. The van der Waals surface area contributed by atoms with Crippen molar-refractivity contribution in [3.05, 3.63) is 58.5 Å². The number of aromatic nitrogens is 1. The lowest BCUT2D eigenvalue weighted by molar-refractivity contribution is -0.139. The molecule has 1 aromatic heterocycles. The molecular weight excluding hydrogens is 556 g/mol. The summed E-state index contributed by atoms with van der Waals surface area (Å²) in [7, 11) is 0. The van der Waals surface area contributed by atoms with Crippen LogP contribution in [0.2, 0.25) is 0 Å². The predicted molar refractivity (Wildman–Crippen MR) is 151 cm³/mol. The van der Waals surface area contributed by atoms with E-state index >= 15 is 0 Å². The van der Waals surface area contributed by atoms with Crippen LogP contribution in [-0.4, -0.2) is 71.3 Å². The normalized spacial score (nSPS) is 14.3. The topological polar surface area (TPSA) is 104 Å². The van der Waals surface area contributed by atoms with Gasteiger partial charge in [-0.2, -0.15) is 13.2 Å². The summed E-state index contributed by atoms with van der Waals surface area (Å²) in [5, 5.41) is 15.2. The Balaban J connectivity index is 1.59. The van der Waals surface area contributed by atoms with Crippen LogP contribution in [0.4, 0.5) is 23.4 Å². The number of amides is 1. The summed E-state index contributed by atoms with van der Waals surface area (Å²) in [6.45, 7) is 8.51. The Bertz CT molecular complexity index is 1220. The SMILES string of the molecule is CC(C)(C)OCCN(CCCCc1ccc2c(n1)NCCC2)CCC(NC(=O)c1ccc(F)cc1C(F)(F)F)C(=O)O. The number of ether oxygens (including phenoxy) is 1. The molecule has 2 heterocycles. The zero-order valence-electron chi connectivity index (χ0n) is 24.3. The van der Waals surface area contributed by atoms with E-state index < -0.39 is 41.0 Å². The van der Waals surface area contributed by atoms with Gasteiger partial charge in [0.1, 0.15) is 17.7 Å². The molecule has 0 radical (unpaired) electrons. The molecule has 1 aromatic carbocycles. The summed E-state index contributed by atoms with van der Waals surface area (Å²) in [5.74, 6) is -2.81. The summed E-state index contributed by atoms with van der Waals surface area (Å²) in [5.41, 5.74) is -0.436. The first-order valence-electron chi connectivity index (χ1n) is 14.2. The quantitative estimate of drug-likeness (QED) is 0.201. The number of anilines is 1. The fraction of sp³-hybridized carbons (Fsp3) is 0.567. The molecule has 1 amide bonds. The van der Waals surface area contributed by atoms with Gasteiger partial charge in [-0.1, -0.05) is 6.07 Å². The third-order valence-corrected chi connectivity index (χ3v) is 6.92. The molecule has 232 valence electrons. The highest BCUT2D eigenvalue weighted by Gasteiger charge is 2.36. The van der Waals surface area contributed by atoms with Crippen molar-refractivity contribution in [1.82, 2.24) is 15.2 Å². The molecule has 12 heteroatoms. The van der Waals surface area contributed by atoms with Crippen molar-refractivity contribution in [3.63, 3.8) is 0 Å². The number of nitrogens with zero attached hydrogens (tertiary/aromatic N) is 2. The van der Waals surface area contributed by atoms with E-state index in [0.29, 0.717) is 25.8 Å². The summed E-state index contributed by atoms with van der Waals surface area (Å²) < 4.78 is 59.4. The van der Waals surface area contributed by atoms with E-state index in [1.165, 1.54) is 5.56 Å². The second kappa shape index (κ2) is 14.8. The number of benzene rings is 1. The van der Waals surface area contributed by atoms with Crippen molar-refractivity contribution < 1.29 is 37.0 Å². The summed E-state index contributed by atoms with van der Waals surface area (Å²) in [6.07, 6.45) is -0.473. The lowest BCUT2D eigenvalue weighted by Gasteiger charge is -2.27. The van der Waals surface area contributed by atoms with Gasteiger partial charge in [-0.05, 0) is 95.7 Å². The lowest BCUT2D eigenvalue weighted by Crippen LogP contribution is -2.44. The molecule has 1 aliphatic rings. The molecule has 0 fully saturated rings. The Hall–Kier alpha value is -3.25. The maximum Gasteiger partial charge on any atom is 0.417 e. The van der Waals surface area contributed by atoms with Gasteiger partial charge < -0.3 is 25.4 Å². The third-order valence-electron chi connectivity index (χ3n) is 6.92. The minimum Gasteiger partial charge on any atom is -0.480 e. The van der Waals surface area contributed by atoms with Gasteiger partial charge in [0.25, 0.3) is 5.91 Å². The Morgan fingerprint density at radius 1 is 1.12 bits per heavy atom. The minimum atomic E-state index is -4.98. The van der Waals surface area contributed by atoms with Crippen LogP contribution in [0.5, 0.6) is 0 Å². The van der Waals surface area contributed by atoms with E-state index in [0.717, 1.165) is 56.2 Å². The summed E-state index contributed by atoms with van der Waals surface area (Å²) in [4.78, 5) is 31.3. The van der Waals surface area contributed by atoms with Crippen molar-refractivity contribution in [1.29, 1.82) is 0 Å². The predicted octanol–water partition coefficient (Wildman–Crippen LogP) is 5.31. The molecule has 42 heavy (non-hydrogen) atoms. The number of rotatable bonds is 14. The lowest BCUT2D eigenvalue weighted by atomic mass is 10.0. The number of nitrogens with one attached hydrogen (secondary N) is 2. The highest BCUT2D eigenvalue weighted by Crippen LogP contribution is 2.32. The number of fused-ring (bicyclic) bond motifs is 1. The van der Waals surface area contributed by atoms with Gasteiger partial charge in [0, 0.05) is 25.3 Å². The zero-order valence-corrected chi connectivity index (χ0v) is 24.3. The maximum absolute atomic E-state index is 13.5. The van der Waals surface area contributed by atoms with E-state index in [4.69, 9.17) is 9.72 Å². The van der Waals surface area contributed by atoms with Crippen LogP contribution in [0.15, 0.2) is 30.3 Å². The molecule has 2 aromatic rings. The van der Waals surface area contributed by atoms with E-state index in [2.05, 4.69) is 16.7 Å². The summed E-state index contributed by atoms with van der Waals surface area (Å²) in [6, 6.07) is 4.37.